The molecule has 2 atom stereocenters. The van der Waals surface area contributed by atoms with Crippen LogP contribution in [0.3, 0.4) is 0 Å². The van der Waals surface area contributed by atoms with E-state index in [2.05, 4.69) is 13.8 Å². The molecule has 140 valence electrons. The Morgan fingerprint density at radius 1 is 0.750 bits per heavy atom. The quantitative estimate of drug-likeness (QED) is 0.254. The summed E-state index contributed by atoms with van der Waals surface area (Å²) in [4.78, 5) is 0. The minimum Gasteiger partial charge on any atom is -0.748 e. The van der Waals surface area contributed by atoms with E-state index in [1.807, 2.05) is 0 Å². The van der Waals surface area contributed by atoms with E-state index in [1.165, 1.54) is 19.3 Å². The van der Waals surface area contributed by atoms with Crippen LogP contribution in [0.15, 0.2) is 0 Å². The van der Waals surface area contributed by atoms with Crippen LogP contribution in [0.2, 0.25) is 0 Å². The van der Waals surface area contributed by atoms with Crippen molar-refractivity contribution in [3.63, 3.8) is 0 Å². The zero-order valence-corrected chi connectivity index (χ0v) is 19.0. The van der Waals surface area contributed by atoms with Crippen molar-refractivity contribution in [1.82, 2.24) is 0 Å². The first kappa shape index (κ1) is 27.1. The first-order chi connectivity index (χ1) is 10.9. The Kier molecular flexibility index (Phi) is 19.5. The second kappa shape index (κ2) is 17.3. The van der Waals surface area contributed by atoms with E-state index < -0.39 is 21.5 Å². The van der Waals surface area contributed by atoms with Crippen LogP contribution in [0.5, 0.6) is 0 Å². The summed E-state index contributed by atoms with van der Waals surface area (Å²) >= 11 is 0. The van der Waals surface area contributed by atoms with Crippen LogP contribution in [-0.4, -0.2) is 29.4 Å². The van der Waals surface area contributed by atoms with Crippen LogP contribution in [-0.2, 0) is 10.1 Å². The fourth-order valence-corrected chi connectivity index (χ4v) is 3.79. The molecule has 0 aliphatic rings. The predicted molar refractivity (Wildman–Crippen MR) is 95.5 cm³/mol. The van der Waals surface area contributed by atoms with Gasteiger partial charge in [0, 0.05) is 5.25 Å². The molecule has 1 N–H and O–H groups in total. The van der Waals surface area contributed by atoms with Gasteiger partial charge in [-0.15, -0.1) is 0 Å². The maximum atomic E-state index is 11.4. The van der Waals surface area contributed by atoms with Gasteiger partial charge >= 0.3 is 29.6 Å². The summed E-state index contributed by atoms with van der Waals surface area (Å²) in [6.45, 7) is 4.30. The summed E-state index contributed by atoms with van der Waals surface area (Å²) < 4.78 is 34.1. The molecule has 0 aromatic heterocycles. The molecule has 0 aromatic carbocycles. The van der Waals surface area contributed by atoms with E-state index in [0.717, 1.165) is 44.9 Å². The summed E-state index contributed by atoms with van der Waals surface area (Å²) in [6.07, 6.45) is 12.3. The minimum absolute atomic E-state index is 0. The molecule has 0 spiro atoms. The van der Waals surface area contributed by atoms with Crippen molar-refractivity contribution < 1.29 is 47.6 Å². The largest absolute Gasteiger partial charge is 1.00 e. The minimum atomic E-state index is -4.25. The Labute approximate surface area is 172 Å². The average Bonchev–Trinajstić information content (AvgIpc) is 2.48. The van der Waals surface area contributed by atoms with Gasteiger partial charge in [-0.05, 0) is 25.7 Å². The van der Waals surface area contributed by atoms with Gasteiger partial charge in [-0.2, -0.15) is 0 Å². The molecule has 4 nitrogen and oxygen atoms in total. The molecule has 0 bridgehead atoms. The average molecular weight is 373 g/mol. The van der Waals surface area contributed by atoms with Gasteiger partial charge in [0.15, 0.2) is 0 Å². The van der Waals surface area contributed by atoms with Gasteiger partial charge in [-0.1, -0.05) is 78.1 Å². The summed E-state index contributed by atoms with van der Waals surface area (Å²) in [5.74, 6) is 0. The van der Waals surface area contributed by atoms with Crippen molar-refractivity contribution >= 4 is 10.1 Å². The maximum Gasteiger partial charge on any atom is 1.00 e. The van der Waals surface area contributed by atoms with Crippen LogP contribution in [0, 0.1) is 0 Å². The molecular formula is C18H37NaO4S. The summed E-state index contributed by atoms with van der Waals surface area (Å²) in [5.41, 5.74) is 0. The molecule has 0 aliphatic carbocycles. The number of aliphatic hydroxyl groups is 1. The van der Waals surface area contributed by atoms with Crippen molar-refractivity contribution in [2.45, 2.75) is 115 Å². The Balaban J connectivity index is 0. The molecule has 0 amide bonds. The fraction of sp³-hybridized carbons (Fsp3) is 1.00. The maximum absolute atomic E-state index is 11.4. The molecule has 0 saturated heterocycles. The van der Waals surface area contributed by atoms with Crippen LogP contribution in [0.4, 0.5) is 0 Å². The molecule has 0 radical (unpaired) electrons. The van der Waals surface area contributed by atoms with Gasteiger partial charge in [0.25, 0.3) is 0 Å². The normalized spacial score (nSPS) is 14.2. The van der Waals surface area contributed by atoms with E-state index in [1.54, 1.807) is 0 Å². The second-order valence-electron chi connectivity index (χ2n) is 6.75. The van der Waals surface area contributed by atoms with Gasteiger partial charge in [0.1, 0.15) is 0 Å². The third kappa shape index (κ3) is 16.3. The summed E-state index contributed by atoms with van der Waals surface area (Å²) in [5, 5.41) is 9.14. The van der Waals surface area contributed by atoms with Gasteiger partial charge < -0.3 is 9.66 Å². The Hall–Kier alpha value is 0.870. The molecule has 2 unspecified atom stereocenters. The van der Waals surface area contributed by atoms with Crippen LogP contribution in [0.25, 0.3) is 0 Å². The molecular weight excluding hydrogens is 335 g/mol. The number of hydrogen-bond donors (Lipinski definition) is 1. The van der Waals surface area contributed by atoms with E-state index in [4.69, 9.17) is 0 Å². The smallest absolute Gasteiger partial charge is 0.748 e. The van der Waals surface area contributed by atoms with Crippen LogP contribution in [0.1, 0.15) is 104 Å². The molecule has 0 rings (SSSR count). The zero-order chi connectivity index (χ0) is 17.6. The third-order valence-electron chi connectivity index (χ3n) is 4.50. The predicted octanol–water partition coefficient (Wildman–Crippen LogP) is 1.77. The van der Waals surface area contributed by atoms with Gasteiger partial charge in [0.05, 0.1) is 16.2 Å². The number of rotatable bonds is 16. The van der Waals surface area contributed by atoms with Crippen LogP contribution >= 0.6 is 0 Å². The van der Waals surface area contributed by atoms with Gasteiger partial charge in [0.2, 0.25) is 0 Å². The summed E-state index contributed by atoms with van der Waals surface area (Å²) in [7, 11) is -4.25. The third-order valence-corrected chi connectivity index (χ3v) is 5.79. The molecule has 0 saturated carbocycles. The molecule has 0 fully saturated rings. The molecule has 6 heteroatoms. The first-order valence-electron chi connectivity index (χ1n) is 9.54. The van der Waals surface area contributed by atoms with Gasteiger partial charge in [-0.25, -0.2) is 8.42 Å². The molecule has 24 heavy (non-hydrogen) atoms. The topological polar surface area (TPSA) is 77.4 Å². The number of unbranched alkanes of at least 4 members (excludes halogenated alkanes) is 8. The number of hydrogen-bond acceptors (Lipinski definition) is 4. The molecule has 0 aromatic rings. The van der Waals surface area contributed by atoms with Gasteiger partial charge in [-0.3, -0.25) is 0 Å². The van der Waals surface area contributed by atoms with Crippen molar-refractivity contribution in [2.24, 2.45) is 0 Å². The van der Waals surface area contributed by atoms with Crippen molar-refractivity contribution in [3.05, 3.63) is 0 Å². The van der Waals surface area contributed by atoms with E-state index >= 15 is 0 Å². The van der Waals surface area contributed by atoms with Crippen LogP contribution < -0.4 is 29.6 Å². The SMILES string of the molecule is CCCCCCCC(O)CCC(CCCCCCC)S(=O)(=O)[O-].[Na+]. The molecule has 0 aliphatic heterocycles. The second-order valence-corrected chi connectivity index (χ2v) is 8.40. The Bertz CT molecular complexity index is 360. The van der Waals surface area contributed by atoms with Crippen molar-refractivity contribution in [1.29, 1.82) is 0 Å². The summed E-state index contributed by atoms with van der Waals surface area (Å²) in [6, 6.07) is 0. The Morgan fingerprint density at radius 2 is 1.21 bits per heavy atom. The van der Waals surface area contributed by atoms with E-state index in [0.29, 0.717) is 25.7 Å². The van der Waals surface area contributed by atoms with E-state index in [9.17, 15) is 18.1 Å². The van der Waals surface area contributed by atoms with Crippen molar-refractivity contribution in [2.75, 3.05) is 0 Å². The zero-order valence-electron chi connectivity index (χ0n) is 16.1. The Morgan fingerprint density at radius 3 is 1.67 bits per heavy atom. The number of aliphatic hydroxyl groups excluding tert-OH is 1. The fourth-order valence-electron chi connectivity index (χ4n) is 2.91. The van der Waals surface area contributed by atoms with Crippen molar-refractivity contribution in [3.8, 4) is 0 Å². The standard InChI is InChI=1S/C18H38O4S.Na/c1-3-5-7-9-11-13-17(19)15-16-18(23(20,21)22)14-12-10-8-6-4-2;/h17-19H,3-16H2,1-2H3,(H,20,21,22);/q;+1/p-1. The van der Waals surface area contributed by atoms with E-state index in [-0.39, 0.29) is 29.6 Å². The monoisotopic (exact) mass is 372 g/mol. The first-order valence-corrected chi connectivity index (χ1v) is 11.0. The molecule has 0 heterocycles.